The van der Waals surface area contributed by atoms with Crippen LogP contribution >= 0.6 is 11.3 Å². The molecule has 1 N–H and O–H groups in total. The van der Waals surface area contributed by atoms with Gasteiger partial charge in [0.05, 0.1) is 4.88 Å². The summed E-state index contributed by atoms with van der Waals surface area (Å²) in [5.74, 6) is -0.762. The van der Waals surface area contributed by atoms with Gasteiger partial charge in [0, 0.05) is 0 Å². The topological polar surface area (TPSA) is 115 Å². The number of ether oxygens (including phenoxy) is 1. The number of nitrogens with one attached hydrogen (secondary N) is 1. The Kier molecular flexibility index (Phi) is 4.29. The summed E-state index contributed by atoms with van der Waals surface area (Å²) in [7, 11) is 0. The van der Waals surface area contributed by atoms with Crippen LogP contribution in [0.15, 0.2) is 21.9 Å². The SMILES string of the molecule is C[C@H](OC(=O)CN1C(=O)NC(C)(C)C1=O)c1nnc(-c2cccs2)o1. The molecule has 0 saturated carbocycles. The van der Waals surface area contributed by atoms with Crippen LogP contribution in [0.2, 0.25) is 0 Å². The Bertz CT molecular complexity index is 814. The highest BCUT2D eigenvalue weighted by Crippen LogP contribution is 2.26. The third kappa shape index (κ3) is 3.38. The van der Waals surface area contributed by atoms with Crippen molar-refractivity contribution in [1.82, 2.24) is 20.4 Å². The molecule has 10 heteroatoms. The number of imide groups is 1. The zero-order valence-electron chi connectivity index (χ0n) is 13.8. The quantitative estimate of drug-likeness (QED) is 0.634. The van der Waals surface area contributed by atoms with Crippen molar-refractivity contribution >= 4 is 29.2 Å². The van der Waals surface area contributed by atoms with E-state index in [1.54, 1.807) is 20.8 Å². The van der Waals surface area contributed by atoms with Gasteiger partial charge < -0.3 is 14.5 Å². The lowest BCUT2D eigenvalue weighted by atomic mass is 10.1. The van der Waals surface area contributed by atoms with E-state index in [-0.39, 0.29) is 5.89 Å². The predicted molar refractivity (Wildman–Crippen MR) is 86.4 cm³/mol. The summed E-state index contributed by atoms with van der Waals surface area (Å²) < 4.78 is 10.7. The van der Waals surface area contributed by atoms with E-state index in [4.69, 9.17) is 9.15 Å². The Morgan fingerprint density at radius 1 is 1.44 bits per heavy atom. The highest BCUT2D eigenvalue weighted by atomic mass is 32.1. The lowest BCUT2D eigenvalue weighted by molar-refractivity contribution is -0.152. The zero-order valence-corrected chi connectivity index (χ0v) is 14.6. The summed E-state index contributed by atoms with van der Waals surface area (Å²) in [5.41, 5.74) is -1.04. The Hall–Kier alpha value is -2.75. The van der Waals surface area contributed by atoms with E-state index in [1.807, 2.05) is 17.5 Å². The zero-order chi connectivity index (χ0) is 18.2. The second-order valence-electron chi connectivity index (χ2n) is 6.00. The standard InChI is InChI=1S/C15H16N4O5S/c1-8(11-17-18-12(24-11)9-5-4-6-25-9)23-10(20)7-19-13(21)15(2,3)16-14(19)22/h4-6,8H,7H2,1-3H3,(H,16,22)/t8-/m0/s1. The molecule has 9 nitrogen and oxygen atoms in total. The average molecular weight is 364 g/mol. The van der Waals surface area contributed by atoms with Crippen LogP contribution in [-0.4, -0.2) is 45.1 Å². The second-order valence-corrected chi connectivity index (χ2v) is 6.95. The van der Waals surface area contributed by atoms with Gasteiger partial charge in [0.1, 0.15) is 12.1 Å². The molecule has 132 valence electrons. The van der Waals surface area contributed by atoms with Crippen LogP contribution < -0.4 is 5.32 Å². The van der Waals surface area contributed by atoms with Gasteiger partial charge in [0.25, 0.3) is 17.7 Å². The average Bonchev–Trinajstić information content (AvgIpc) is 3.24. The van der Waals surface area contributed by atoms with Gasteiger partial charge in [-0.15, -0.1) is 21.5 Å². The number of esters is 1. The fourth-order valence-electron chi connectivity index (χ4n) is 2.27. The smallest absolute Gasteiger partial charge is 0.327 e. The molecule has 3 amide bonds. The molecule has 0 radical (unpaired) electrons. The van der Waals surface area contributed by atoms with E-state index < -0.39 is 36.1 Å². The summed E-state index contributed by atoms with van der Waals surface area (Å²) in [6, 6.07) is 3.06. The first-order valence-electron chi connectivity index (χ1n) is 7.49. The molecule has 1 aliphatic heterocycles. The summed E-state index contributed by atoms with van der Waals surface area (Å²) in [6.45, 7) is 4.21. The van der Waals surface area contributed by atoms with E-state index in [2.05, 4.69) is 15.5 Å². The molecule has 1 aliphatic rings. The number of thiophene rings is 1. The predicted octanol–water partition coefficient (Wildman–Crippen LogP) is 1.73. The number of nitrogens with zero attached hydrogens (tertiary/aromatic N) is 3. The van der Waals surface area contributed by atoms with Crippen molar-refractivity contribution in [2.75, 3.05) is 6.54 Å². The summed E-state index contributed by atoms with van der Waals surface area (Å²) in [5, 5.41) is 12.1. The monoisotopic (exact) mass is 364 g/mol. The van der Waals surface area contributed by atoms with Gasteiger partial charge in [-0.05, 0) is 32.2 Å². The largest absolute Gasteiger partial charge is 0.451 e. The van der Waals surface area contributed by atoms with E-state index in [1.165, 1.54) is 11.3 Å². The summed E-state index contributed by atoms with van der Waals surface area (Å²) in [4.78, 5) is 37.5. The molecule has 0 unspecified atom stereocenters. The molecule has 0 aliphatic carbocycles. The number of hydrogen-bond donors (Lipinski definition) is 1. The van der Waals surface area contributed by atoms with Crippen LogP contribution in [0.4, 0.5) is 4.79 Å². The van der Waals surface area contributed by atoms with Crippen molar-refractivity contribution in [2.24, 2.45) is 0 Å². The molecule has 0 bridgehead atoms. The van der Waals surface area contributed by atoms with Crippen LogP contribution in [0, 0.1) is 0 Å². The van der Waals surface area contributed by atoms with Crippen LogP contribution in [0.25, 0.3) is 10.8 Å². The number of aromatic nitrogens is 2. The Balaban J connectivity index is 1.61. The first kappa shape index (κ1) is 17.1. The maximum Gasteiger partial charge on any atom is 0.327 e. The lowest BCUT2D eigenvalue weighted by Crippen LogP contribution is -2.41. The Morgan fingerprint density at radius 3 is 2.80 bits per heavy atom. The molecule has 25 heavy (non-hydrogen) atoms. The maximum absolute atomic E-state index is 12.1. The molecule has 0 aromatic carbocycles. The van der Waals surface area contributed by atoms with Crippen molar-refractivity contribution in [3.63, 3.8) is 0 Å². The minimum Gasteiger partial charge on any atom is -0.451 e. The van der Waals surface area contributed by atoms with E-state index >= 15 is 0 Å². The van der Waals surface area contributed by atoms with Crippen molar-refractivity contribution in [3.8, 4) is 10.8 Å². The Morgan fingerprint density at radius 2 is 2.20 bits per heavy atom. The van der Waals surface area contributed by atoms with Gasteiger partial charge >= 0.3 is 12.0 Å². The fraction of sp³-hybridized carbons (Fsp3) is 0.400. The van der Waals surface area contributed by atoms with Crippen LogP contribution in [0.3, 0.4) is 0 Å². The first-order chi connectivity index (χ1) is 11.8. The minimum atomic E-state index is -1.04. The van der Waals surface area contributed by atoms with E-state index in [0.717, 1.165) is 9.78 Å². The maximum atomic E-state index is 12.1. The van der Waals surface area contributed by atoms with Crippen molar-refractivity contribution in [1.29, 1.82) is 0 Å². The summed E-state index contributed by atoms with van der Waals surface area (Å²) in [6.07, 6.45) is -0.803. The van der Waals surface area contributed by atoms with Gasteiger partial charge in [-0.2, -0.15) is 0 Å². The molecule has 0 spiro atoms. The number of rotatable bonds is 5. The number of hydrogen-bond acceptors (Lipinski definition) is 8. The van der Waals surface area contributed by atoms with Gasteiger partial charge in [-0.25, -0.2) is 4.79 Å². The molecule has 1 saturated heterocycles. The van der Waals surface area contributed by atoms with E-state index in [0.29, 0.717) is 5.89 Å². The molecule has 1 fully saturated rings. The number of amides is 3. The Labute approximate surface area is 147 Å². The van der Waals surface area contributed by atoms with Crippen molar-refractivity contribution in [2.45, 2.75) is 32.4 Å². The highest BCUT2D eigenvalue weighted by Gasteiger charge is 2.45. The number of carbonyl (C=O) groups excluding carboxylic acids is 3. The molecular weight excluding hydrogens is 348 g/mol. The fourth-order valence-corrected chi connectivity index (χ4v) is 2.92. The van der Waals surface area contributed by atoms with Gasteiger partial charge in [-0.3, -0.25) is 14.5 Å². The lowest BCUT2D eigenvalue weighted by Gasteiger charge is -2.16. The molecule has 3 heterocycles. The molecular formula is C15H16N4O5S. The summed E-state index contributed by atoms with van der Waals surface area (Å²) >= 11 is 1.44. The van der Waals surface area contributed by atoms with Gasteiger partial charge in [0.15, 0.2) is 6.10 Å². The van der Waals surface area contributed by atoms with Gasteiger partial charge in [0.2, 0.25) is 0 Å². The molecule has 1 atom stereocenters. The number of urea groups is 1. The number of carbonyl (C=O) groups is 3. The third-order valence-electron chi connectivity index (χ3n) is 3.56. The van der Waals surface area contributed by atoms with Crippen molar-refractivity contribution < 1.29 is 23.5 Å². The van der Waals surface area contributed by atoms with Crippen LogP contribution in [0.1, 0.15) is 32.8 Å². The first-order valence-corrected chi connectivity index (χ1v) is 8.37. The van der Waals surface area contributed by atoms with Gasteiger partial charge in [-0.1, -0.05) is 6.07 Å². The van der Waals surface area contributed by atoms with E-state index in [9.17, 15) is 14.4 Å². The molecule has 2 aromatic rings. The second kappa shape index (κ2) is 6.28. The van der Waals surface area contributed by atoms with Crippen LogP contribution in [0.5, 0.6) is 0 Å². The third-order valence-corrected chi connectivity index (χ3v) is 4.42. The molecule has 2 aromatic heterocycles. The normalized spacial score (nSPS) is 17.5. The van der Waals surface area contributed by atoms with Crippen LogP contribution in [-0.2, 0) is 14.3 Å². The minimum absolute atomic E-state index is 0.134. The van der Waals surface area contributed by atoms with Crippen molar-refractivity contribution in [3.05, 3.63) is 23.4 Å². The molecule has 3 rings (SSSR count). The highest BCUT2D eigenvalue weighted by molar-refractivity contribution is 7.13.